The van der Waals surface area contributed by atoms with Gasteiger partial charge in [-0.15, -0.1) is 0 Å². The standard InChI is InChI=1S/C6H8BFN2/c1-7-4-2-5(8)6(9)10-3-4/h2-3,7H,1H3,(H2,9,10). The zero-order chi connectivity index (χ0) is 7.56. The number of halogens is 1. The van der Waals surface area contributed by atoms with Crippen molar-refractivity contribution in [2.75, 3.05) is 5.73 Å². The third-order valence-corrected chi connectivity index (χ3v) is 1.33. The Morgan fingerprint density at radius 2 is 2.40 bits per heavy atom. The molecule has 4 heteroatoms. The molecule has 0 amide bonds. The molecule has 0 saturated heterocycles. The van der Waals surface area contributed by atoms with Gasteiger partial charge in [-0.3, -0.25) is 0 Å². The number of anilines is 1. The summed E-state index contributed by atoms with van der Waals surface area (Å²) < 4.78 is 12.6. The minimum atomic E-state index is -0.431. The maximum absolute atomic E-state index is 12.6. The quantitative estimate of drug-likeness (QED) is 0.551. The zero-order valence-corrected chi connectivity index (χ0v) is 5.76. The first-order valence-electron chi connectivity index (χ1n) is 3.14. The summed E-state index contributed by atoms with van der Waals surface area (Å²) in [6.07, 6.45) is 1.58. The number of nitrogens with two attached hydrogens (primary N) is 1. The highest BCUT2D eigenvalue weighted by molar-refractivity contribution is 6.51. The molecule has 1 aromatic heterocycles. The van der Waals surface area contributed by atoms with Gasteiger partial charge >= 0.3 is 0 Å². The second kappa shape index (κ2) is 2.69. The lowest BCUT2D eigenvalue weighted by molar-refractivity contribution is 0.628. The predicted molar refractivity (Wildman–Crippen MR) is 41.3 cm³/mol. The molecule has 0 bridgehead atoms. The number of hydrogen-bond donors (Lipinski definition) is 1. The number of nitrogens with zero attached hydrogens (tertiary/aromatic N) is 1. The van der Waals surface area contributed by atoms with E-state index in [1.165, 1.54) is 6.07 Å². The topological polar surface area (TPSA) is 38.9 Å². The summed E-state index contributed by atoms with van der Waals surface area (Å²) in [5.41, 5.74) is 6.02. The monoisotopic (exact) mass is 138 g/mol. The minimum absolute atomic E-state index is 0.0304. The van der Waals surface area contributed by atoms with Gasteiger partial charge in [0.2, 0.25) is 0 Å². The van der Waals surface area contributed by atoms with Crippen molar-refractivity contribution in [1.82, 2.24) is 4.98 Å². The van der Waals surface area contributed by atoms with Gasteiger partial charge in [0.1, 0.15) is 0 Å². The first kappa shape index (κ1) is 7.06. The predicted octanol–water partition coefficient (Wildman–Crippen LogP) is -0.0872. The number of pyridine rings is 1. The summed E-state index contributed by atoms with van der Waals surface area (Å²) in [6.45, 7) is 1.94. The molecule has 0 spiro atoms. The van der Waals surface area contributed by atoms with Gasteiger partial charge in [-0.2, -0.15) is 0 Å². The number of hydrogen-bond acceptors (Lipinski definition) is 2. The van der Waals surface area contributed by atoms with Crippen molar-refractivity contribution in [3.63, 3.8) is 0 Å². The Hall–Kier alpha value is -1.06. The maximum atomic E-state index is 12.6. The van der Waals surface area contributed by atoms with E-state index in [1.807, 2.05) is 6.82 Å². The Kier molecular flexibility index (Phi) is 1.90. The van der Waals surface area contributed by atoms with Crippen LogP contribution in [0.25, 0.3) is 0 Å². The molecule has 0 aliphatic heterocycles. The maximum Gasteiger partial charge on any atom is 0.164 e. The Balaban J connectivity index is 3.04. The first-order valence-corrected chi connectivity index (χ1v) is 3.14. The molecule has 0 aliphatic carbocycles. The van der Waals surface area contributed by atoms with Crippen LogP contribution in [0.5, 0.6) is 0 Å². The molecule has 0 unspecified atom stereocenters. The number of rotatable bonds is 1. The fourth-order valence-corrected chi connectivity index (χ4v) is 0.681. The molecule has 1 heterocycles. The van der Waals surface area contributed by atoms with Crippen LogP contribution in [-0.4, -0.2) is 12.3 Å². The molecule has 52 valence electrons. The lowest BCUT2D eigenvalue weighted by Crippen LogP contribution is -2.13. The largest absolute Gasteiger partial charge is 0.381 e. The van der Waals surface area contributed by atoms with Gasteiger partial charge < -0.3 is 5.73 Å². The smallest absolute Gasteiger partial charge is 0.164 e. The lowest BCUT2D eigenvalue weighted by Gasteiger charge is -1.96. The van der Waals surface area contributed by atoms with E-state index in [4.69, 9.17) is 5.73 Å². The van der Waals surface area contributed by atoms with Gasteiger partial charge in [-0.1, -0.05) is 12.3 Å². The zero-order valence-electron chi connectivity index (χ0n) is 5.76. The van der Waals surface area contributed by atoms with E-state index in [9.17, 15) is 4.39 Å². The summed E-state index contributed by atoms with van der Waals surface area (Å²) in [4.78, 5) is 3.65. The molecule has 1 rings (SSSR count). The lowest BCUT2D eigenvalue weighted by atomic mass is 9.74. The average molecular weight is 138 g/mol. The van der Waals surface area contributed by atoms with E-state index in [1.54, 1.807) is 6.20 Å². The first-order chi connectivity index (χ1) is 4.74. The van der Waals surface area contributed by atoms with Crippen molar-refractivity contribution >= 4 is 18.6 Å². The average Bonchev–Trinajstić information content (AvgIpc) is 1.95. The molecule has 0 aromatic carbocycles. The molecular weight excluding hydrogens is 130 g/mol. The fraction of sp³-hybridized carbons (Fsp3) is 0.167. The third-order valence-electron chi connectivity index (χ3n) is 1.33. The summed E-state index contributed by atoms with van der Waals surface area (Å²) >= 11 is 0. The van der Waals surface area contributed by atoms with Gasteiger partial charge in [0.05, 0.1) is 0 Å². The van der Waals surface area contributed by atoms with Crippen LogP contribution in [-0.2, 0) is 0 Å². The van der Waals surface area contributed by atoms with Crippen molar-refractivity contribution in [3.05, 3.63) is 18.1 Å². The molecule has 0 aliphatic rings. The van der Waals surface area contributed by atoms with E-state index in [0.717, 1.165) is 12.7 Å². The van der Waals surface area contributed by atoms with Gasteiger partial charge in [-0.05, 0) is 6.07 Å². The molecule has 0 fully saturated rings. The van der Waals surface area contributed by atoms with Gasteiger partial charge in [0, 0.05) is 6.20 Å². The van der Waals surface area contributed by atoms with E-state index >= 15 is 0 Å². The Bertz CT molecular complexity index is 239. The van der Waals surface area contributed by atoms with E-state index in [0.29, 0.717) is 0 Å². The third kappa shape index (κ3) is 1.26. The Morgan fingerprint density at radius 1 is 1.70 bits per heavy atom. The highest BCUT2D eigenvalue weighted by atomic mass is 19.1. The van der Waals surface area contributed by atoms with Crippen LogP contribution in [0.15, 0.2) is 12.3 Å². The minimum Gasteiger partial charge on any atom is -0.381 e. The summed E-state index contributed by atoms with van der Waals surface area (Å²) in [6, 6.07) is 1.41. The molecule has 10 heavy (non-hydrogen) atoms. The second-order valence-corrected chi connectivity index (χ2v) is 2.06. The van der Waals surface area contributed by atoms with Crippen LogP contribution in [0, 0.1) is 5.82 Å². The Morgan fingerprint density at radius 3 is 2.90 bits per heavy atom. The van der Waals surface area contributed by atoms with Crippen LogP contribution < -0.4 is 11.2 Å². The molecule has 1 aromatic rings. The molecular formula is C6H8BFN2. The van der Waals surface area contributed by atoms with E-state index in [-0.39, 0.29) is 5.82 Å². The van der Waals surface area contributed by atoms with Gasteiger partial charge in [-0.25, -0.2) is 9.37 Å². The van der Waals surface area contributed by atoms with Crippen LogP contribution in [0.2, 0.25) is 6.82 Å². The fourth-order valence-electron chi connectivity index (χ4n) is 0.681. The second-order valence-electron chi connectivity index (χ2n) is 2.06. The van der Waals surface area contributed by atoms with Gasteiger partial charge in [0.25, 0.3) is 0 Å². The van der Waals surface area contributed by atoms with Crippen molar-refractivity contribution < 1.29 is 4.39 Å². The van der Waals surface area contributed by atoms with Crippen LogP contribution in [0.1, 0.15) is 0 Å². The van der Waals surface area contributed by atoms with Crippen molar-refractivity contribution in [3.8, 4) is 0 Å². The number of nitrogen functional groups attached to an aromatic ring is 1. The summed E-state index contributed by atoms with van der Waals surface area (Å²) in [7, 11) is 0.782. The van der Waals surface area contributed by atoms with E-state index < -0.39 is 5.82 Å². The van der Waals surface area contributed by atoms with Crippen LogP contribution in [0.3, 0.4) is 0 Å². The molecule has 2 N–H and O–H groups in total. The molecule has 0 saturated carbocycles. The normalized spacial score (nSPS) is 9.40. The summed E-state index contributed by atoms with van der Waals surface area (Å²) in [5, 5.41) is 0. The molecule has 2 nitrogen and oxygen atoms in total. The molecule has 0 radical (unpaired) electrons. The highest BCUT2D eigenvalue weighted by Crippen LogP contribution is 2.00. The SMILES string of the molecule is CBc1cnc(N)c(F)c1. The molecule has 0 atom stereocenters. The van der Waals surface area contributed by atoms with Crippen LogP contribution >= 0.6 is 0 Å². The Labute approximate surface area is 59.5 Å². The summed E-state index contributed by atoms with van der Waals surface area (Å²) in [5.74, 6) is -0.462. The van der Waals surface area contributed by atoms with Crippen molar-refractivity contribution in [2.45, 2.75) is 6.82 Å². The number of aromatic nitrogens is 1. The van der Waals surface area contributed by atoms with Gasteiger partial charge in [0.15, 0.2) is 18.9 Å². The van der Waals surface area contributed by atoms with E-state index in [2.05, 4.69) is 4.98 Å². The van der Waals surface area contributed by atoms with Crippen molar-refractivity contribution in [2.24, 2.45) is 0 Å². The van der Waals surface area contributed by atoms with Crippen LogP contribution in [0.4, 0.5) is 10.2 Å². The van der Waals surface area contributed by atoms with Crippen molar-refractivity contribution in [1.29, 1.82) is 0 Å². The highest BCUT2D eigenvalue weighted by Gasteiger charge is 1.98.